The number of sulfonamides is 1. The second-order valence-electron chi connectivity index (χ2n) is 9.13. The third kappa shape index (κ3) is 4.66. The van der Waals surface area contributed by atoms with Crippen LogP contribution in [-0.4, -0.2) is 37.1 Å². The lowest BCUT2D eigenvalue weighted by atomic mass is 10.0. The van der Waals surface area contributed by atoms with Crippen molar-refractivity contribution in [3.63, 3.8) is 0 Å². The summed E-state index contributed by atoms with van der Waals surface area (Å²) < 4.78 is 33.5. The molecule has 0 fully saturated rings. The van der Waals surface area contributed by atoms with Gasteiger partial charge in [0.1, 0.15) is 0 Å². The zero-order valence-corrected chi connectivity index (χ0v) is 20.4. The zero-order chi connectivity index (χ0) is 24.6. The van der Waals surface area contributed by atoms with Gasteiger partial charge in [-0.1, -0.05) is 42.5 Å². The normalized spacial score (nSPS) is 16.3. The summed E-state index contributed by atoms with van der Waals surface area (Å²) in [6, 6.07) is 19.3. The smallest absolute Gasteiger partial charge is 0.338 e. The lowest BCUT2D eigenvalue weighted by molar-refractivity contribution is 0.0318. The Bertz CT molecular complexity index is 1410. The number of ether oxygens (including phenoxy) is 1. The number of carbonyl (C=O) groups excluding carboxylic acids is 2. The summed E-state index contributed by atoms with van der Waals surface area (Å²) in [6.07, 6.45) is 2.72. The molecule has 5 rings (SSSR count). The van der Waals surface area contributed by atoms with E-state index < -0.39 is 22.1 Å². The molecule has 0 N–H and O–H groups in total. The lowest BCUT2D eigenvalue weighted by Gasteiger charge is -2.28. The van der Waals surface area contributed by atoms with Gasteiger partial charge in [-0.3, -0.25) is 4.79 Å². The van der Waals surface area contributed by atoms with Gasteiger partial charge in [0.25, 0.3) is 0 Å². The highest BCUT2D eigenvalue weighted by Gasteiger charge is 2.29. The second-order valence-corrected chi connectivity index (χ2v) is 11.1. The number of benzene rings is 3. The van der Waals surface area contributed by atoms with Crippen LogP contribution in [0.2, 0.25) is 0 Å². The summed E-state index contributed by atoms with van der Waals surface area (Å²) in [5.74, 6) is -1.00. The van der Waals surface area contributed by atoms with E-state index in [1.54, 1.807) is 13.0 Å². The maximum absolute atomic E-state index is 13.3. The first-order chi connectivity index (χ1) is 16.8. The first kappa shape index (κ1) is 23.5. The van der Waals surface area contributed by atoms with Gasteiger partial charge in [0, 0.05) is 18.7 Å². The number of hydrogen-bond donors (Lipinski definition) is 0. The van der Waals surface area contributed by atoms with Gasteiger partial charge >= 0.3 is 5.97 Å². The van der Waals surface area contributed by atoms with Crippen LogP contribution in [0.1, 0.15) is 56.3 Å². The van der Waals surface area contributed by atoms with Crippen molar-refractivity contribution in [1.29, 1.82) is 0 Å². The van der Waals surface area contributed by atoms with Gasteiger partial charge in [-0.05, 0) is 79.1 Å². The molecule has 6 nitrogen and oxygen atoms in total. The zero-order valence-electron chi connectivity index (χ0n) is 19.6. The average molecular weight is 490 g/mol. The van der Waals surface area contributed by atoms with Gasteiger partial charge < -0.3 is 4.74 Å². The van der Waals surface area contributed by atoms with E-state index in [1.807, 2.05) is 36.4 Å². The van der Waals surface area contributed by atoms with E-state index in [9.17, 15) is 18.0 Å². The number of fused-ring (bicyclic) bond motifs is 2. The summed E-state index contributed by atoms with van der Waals surface area (Å²) in [7, 11) is -3.80. The summed E-state index contributed by atoms with van der Waals surface area (Å²) in [4.78, 5) is 25.7. The number of Topliss-reactive ketones (excluding diaryl/α,β-unsaturated/α-hetero) is 1. The standard InChI is InChI=1S/C28H27NO5S/c1-19(27(30)23-13-12-20-8-4-9-22(20)16-23)34-28(31)24-10-5-11-26(17-24)35(32,33)29-15-14-21-6-2-3-7-25(21)18-29/h2-3,5-7,10-13,16-17,19H,4,8-9,14-15,18H2,1H3/t19-/m1/s1. The second kappa shape index (κ2) is 9.40. The van der Waals surface area contributed by atoms with Crippen LogP contribution in [0.4, 0.5) is 0 Å². The van der Waals surface area contributed by atoms with Crippen LogP contribution in [0.3, 0.4) is 0 Å². The van der Waals surface area contributed by atoms with E-state index in [0.717, 1.165) is 30.4 Å². The van der Waals surface area contributed by atoms with E-state index in [-0.39, 0.29) is 16.2 Å². The van der Waals surface area contributed by atoms with Crippen LogP contribution < -0.4 is 0 Å². The maximum Gasteiger partial charge on any atom is 0.338 e. The molecule has 1 atom stereocenters. The van der Waals surface area contributed by atoms with E-state index in [1.165, 1.54) is 39.7 Å². The van der Waals surface area contributed by atoms with Gasteiger partial charge in [0.15, 0.2) is 6.10 Å². The molecule has 0 spiro atoms. The predicted molar refractivity (Wildman–Crippen MR) is 132 cm³/mol. The molecule has 180 valence electrons. The van der Waals surface area contributed by atoms with E-state index in [2.05, 4.69) is 0 Å². The molecule has 0 bridgehead atoms. The Morgan fingerprint density at radius 1 is 0.829 bits per heavy atom. The maximum atomic E-state index is 13.3. The Labute approximate surface area is 205 Å². The van der Waals surface area contributed by atoms with Crippen molar-refractivity contribution < 1.29 is 22.7 Å². The predicted octanol–water partition coefficient (Wildman–Crippen LogP) is 4.35. The molecule has 0 unspecified atom stereocenters. The molecule has 35 heavy (non-hydrogen) atoms. The third-order valence-electron chi connectivity index (χ3n) is 6.84. The molecule has 0 aromatic heterocycles. The van der Waals surface area contributed by atoms with Crippen molar-refractivity contribution in [2.45, 2.75) is 50.2 Å². The summed E-state index contributed by atoms with van der Waals surface area (Å²) in [6.45, 7) is 2.21. The van der Waals surface area contributed by atoms with E-state index in [0.29, 0.717) is 25.1 Å². The van der Waals surface area contributed by atoms with Crippen LogP contribution in [-0.2, 0) is 40.6 Å². The van der Waals surface area contributed by atoms with E-state index >= 15 is 0 Å². The van der Waals surface area contributed by atoms with Gasteiger partial charge in [0.05, 0.1) is 10.5 Å². The molecule has 0 saturated carbocycles. The molecule has 0 saturated heterocycles. The quantitative estimate of drug-likeness (QED) is 0.380. The first-order valence-electron chi connectivity index (χ1n) is 11.9. The van der Waals surface area contributed by atoms with Crippen LogP contribution in [0.25, 0.3) is 0 Å². The molecule has 1 heterocycles. The van der Waals surface area contributed by atoms with Gasteiger partial charge in [0.2, 0.25) is 15.8 Å². The van der Waals surface area contributed by atoms with Crippen molar-refractivity contribution >= 4 is 21.8 Å². The monoisotopic (exact) mass is 489 g/mol. The Morgan fingerprint density at radius 3 is 2.40 bits per heavy atom. The minimum Gasteiger partial charge on any atom is -0.451 e. The molecule has 1 aliphatic carbocycles. The molecule has 3 aromatic rings. The minimum atomic E-state index is -3.80. The van der Waals surface area contributed by atoms with Crippen LogP contribution in [0.5, 0.6) is 0 Å². The molecule has 0 amide bonds. The fourth-order valence-electron chi connectivity index (χ4n) is 4.85. The number of esters is 1. The molecular weight excluding hydrogens is 462 g/mol. The first-order valence-corrected chi connectivity index (χ1v) is 13.3. The number of rotatable bonds is 6. The Kier molecular flexibility index (Phi) is 6.30. The number of ketones is 1. The number of carbonyl (C=O) groups is 2. The number of nitrogens with zero attached hydrogens (tertiary/aromatic N) is 1. The number of hydrogen-bond acceptors (Lipinski definition) is 5. The Hall–Kier alpha value is -3.29. The largest absolute Gasteiger partial charge is 0.451 e. The topological polar surface area (TPSA) is 80.8 Å². The van der Waals surface area contributed by atoms with Crippen LogP contribution >= 0.6 is 0 Å². The fourth-order valence-corrected chi connectivity index (χ4v) is 6.31. The highest BCUT2D eigenvalue weighted by molar-refractivity contribution is 7.89. The fraction of sp³-hybridized carbons (Fsp3) is 0.286. The van der Waals surface area contributed by atoms with Gasteiger partial charge in [-0.25, -0.2) is 13.2 Å². The molecule has 1 aliphatic heterocycles. The van der Waals surface area contributed by atoms with Gasteiger partial charge in [-0.15, -0.1) is 0 Å². The number of aryl methyl sites for hydroxylation is 2. The molecule has 2 aliphatic rings. The minimum absolute atomic E-state index is 0.0314. The molecule has 7 heteroatoms. The van der Waals surface area contributed by atoms with Crippen LogP contribution in [0, 0.1) is 0 Å². The highest BCUT2D eigenvalue weighted by Crippen LogP contribution is 2.26. The Balaban J connectivity index is 1.30. The molecule has 3 aromatic carbocycles. The van der Waals surface area contributed by atoms with Crippen molar-refractivity contribution in [1.82, 2.24) is 4.31 Å². The van der Waals surface area contributed by atoms with Crippen molar-refractivity contribution in [2.75, 3.05) is 6.54 Å². The van der Waals surface area contributed by atoms with Crippen LogP contribution in [0.15, 0.2) is 71.6 Å². The SMILES string of the molecule is C[C@@H](OC(=O)c1cccc(S(=O)(=O)N2CCc3ccccc3C2)c1)C(=O)c1ccc2c(c1)CCC2. The highest BCUT2D eigenvalue weighted by atomic mass is 32.2. The van der Waals surface area contributed by atoms with Gasteiger partial charge in [-0.2, -0.15) is 4.31 Å². The Morgan fingerprint density at radius 2 is 1.57 bits per heavy atom. The molecular formula is C28H27NO5S. The average Bonchev–Trinajstić information content (AvgIpc) is 3.36. The molecule has 0 radical (unpaired) electrons. The van der Waals surface area contributed by atoms with Crippen molar-refractivity contribution in [2.24, 2.45) is 0 Å². The summed E-state index contributed by atoms with van der Waals surface area (Å²) in [5, 5.41) is 0. The summed E-state index contributed by atoms with van der Waals surface area (Å²) >= 11 is 0. The third-order valence-corrected chi connectivity index (χ3v) is 8.68. The summed E-state index contributed by atoms with van der Waals surface area (Å²) in [5.41, 5.74) is 5.19. The van der Waals surface area contributed by atoms with Crippen molar-refractivity contribution in [3.05, 3.63) is 100 Å². The lowest BCUT2D eigenvalue weighted by Crippen LogP contribution is -2.36. The van der Waals surface area contributed by atoms with Crippen molar-refractivity contribution in [3.8, 4) is 0 Å². The van der Waals surface area contributed by atoms with E-state index in [4.69, 9.17) is 4.74 Å².